The van der Waals surface area contributed by atoms with Crippen LogP contribution in [0.5, 0.6) is 0 Å². The zero-order valence-corrected chi connectivity index (χ0v) is 14.2. The highest BCUT2D eigenvalue weighted by Crippen LogP contribution is 2.24. The Morgan fingerprint density at radius 3 is 2.73 bits per heavy atom. The van der Waals surface area contributed by atoms with Gasteiger partial charge >= 0.3 is 5.97 Å². The number of fused-ring (bicyclic) bond motifs is 1. The van der Waals surface area contributed by atoms with Gasteiger partial charge in [0.15, 0.2) is 0 Å². The number of hydrogen-bond donors (Lipinski definition) is 4. The standard InChI is InChI=1S/C19H20N4O3/c24-18-15(8-14(10-21-18)19(25)26)17-9-13-7-12(1-2-16(13)22-17)11-23-5-3-20-4-6-23/h1-2,7-10,20,22H,3-6,11H2,(H,21,24)(H,25,26). The number of aromatic amines is 2. The van der Waals surface area contributed by atoms with Crippen molar-refractivity contribution in [2.75, 3.05) is 26.2 Å². The van der Waals surface area contributed by atoms with Crippen LogP contribution in [0.15, 0.2) is 41.3 Å². The molecule has 3 aromatic rings. The lowest BCUT2D eigenvalue weighted by Gasteiger charge is -2.27. The Bertz CT molecular complexity index is 1020. The van der Waals surface area contributed by atoms with Gasteiger partial charge in [-0.2, -0.15) is 0 Å². The number of nitrogens with zero attached hydrogens (tertiary/aromatic N) is 1. The summed E-state index contributed by atoms with van der Waals surface area (Å²) in [4.78, 5) is 31.4. The lowest BCUT2D eigenvalue weighted by molar-refractivity contribution is 0.0696. The highest BCUT2D eigenvalue weighted by Gasteiger charge is 2.13. The Morgan fingerprint density at radius 2 is 1.96 bits per heavy atom. The third-order valence-corrected chi connectivity index (χ3v) is 4.74. The maximum Gasteiger partial charge on any atom is 0.337 e. The summed E-state index contributed by atoms with van der Waals surface area (Å²) in [5.74, 6) is -1.07. The zero-order chi connectivity index (χ0) is 18.1. The van der Waals surface area contributed by atoms with E-state index < -0.39 is 5.97 Å². The fourth-order valence-electron chi connectivity index (χ4n) is 3.36. The van der Waals surface area contributed by atoms with E-state index in [1.54, 1.807) is 0 Å². The molecule has 1 saturated heterocycles. The number of pyridine rings is 1. The molecule has 7 heteroatoms. The van der Waals surface area contributed by atoms with Crippen molar-refractivity contribution in [3.8, 4) is 11.3 Å². The van der Waals surface area contributed by atoms with Crippen molar-refractivity contribution in [3.05, 3.63) is 58.0 Å². The second kappa shape index (κ2) is 6.78. The van der Waals surface area contributed by atoms with Crippen LogP contribution >= 0.6 is 0 Å². The van der Waals surface area contributed by atoms with E-state index >= 15 is 0 Å². The van der Waals surface area contributed by atoms with Gasteiger partial charge in [-0.1, -0.05) is 6.07 Å². The van der Waals surface area contributed by atoms with Gasteiger partial charge in [-0.25, -0.2) is 4.79 Å². The molecule has 0 unspecified atom stereocenters. The van der Waals surface area contributed by atoms with E-state index in [0.717, 1.165) is 43.6 Å². The molecule has 0 amide bonds. The fourth-order valence-corrected chi connectivity index (χ4v) is 3.36. The van der Waals surface area contributed by atoms with Crippen LogP contribution in [0.4, 0.5) is 0 Å². The highest BCUT2D eigenvalue weighted by atomic mass is 16.4. The molecule has 3 heterocycles. The van der Waals surface area contributed by atoms with E-state index in [2.05, 4.69) is 32.3 Å². The van der Waals surface area contributed by atoms with Crippen LogP contribution in [-0.4, -0.2) is 52.1 Å². The number of carboxylic acids is 1. The predicted molar refractivity (Wildman–Crippen MR) is 99.5 cm³/mol. The van der Waals surface area contributed by atoms with Crippen molar-refractivity contribution in [2.45, 2.75) is 6.54 Å². The van der Waals surface area contributed by atoms with Gasteiger partial charge in [-0.05, 0) is 29.8 Å². The number of rotatable bonds is 4. The number of benzene rings is 1. The van der Waals surface area contributed by atoms with Crippen molar-refractivity contribution < 1.29 is 9.90 Å². The Kier molecular flexibility index (Phi) is 4.32. The molecule has 1 fully saturated rings. The number of nitrogens with one attached hydrogen (secondary N) is 3. The third-order valence-electron chi connectivity index (χ3n) is 4.74. The number of piperazine rings is 1. The van der Waals surface area contributed by atoms with E-state index in [1.807, 2.05) is 12.1 Å². The zero-order valence-electron chi connectivity index (χ0n) is 14.2. The summed E-state index contributed by atoms with van der Waals surface area (Å²) in [6.07, 6.45) is 1.21. The molecule has 1 aliphatic heterocycles. The van der Waals surface area contributed by atoms with Crippen LogP contribution < -0.4 is 10.9 Å². The van der Waals surface area contributed by atoms with Crippen molar-refractivity contribution in [1.82, 2.24) is 20.2 Å². The molecule has 7 nitrogen and oxygen atoms in total. The molecule has 0 radical (unpaired) electrons. The van der Waals surface area contributed by atoms with Gasteiger partial charge < -0.3 is 20.4 Å². The van der Waals surface area contributed by atoms with Crippen molar-refractivity contribution in [1.29, 1.82) is 0 Å². The topological polar surface area (TPSA) is 101 Å². The summed E-state index contributed by atoms with van der Waals surface area (Å²) in [5, 5.41) is 13.5. The normalized spacial score (nSPS) is 15.4. The molecule has 1 aliphatic rings. The van der Waals surface area contributed by atoms with Crippen LogP contribution in [0.2, 0.25) is 0 Å². The first-order valence-corrected chi connectivity index (χ1v) is 8.61. The second-order valence-electron chi connectivity index (χ2n) is 6.57. The Hall–Kier alpha value is -2.90. The minimum absolute atomic E-state index is 0.0534. The summed E-state index contributed by atoms with van der Waals surface area (Å²) in [7, 11) is 0. The number of carboxylic acid groups (broad SMARTS) is 1. The summed E-state index contributed by atoms with van der Waals surface area (Å²) in [5.41, 5.74) is 2.82. The molecule has 0 saturated carbocycles. The first-order chi connectivity index (χ1) is 12.6. The molecule has 134 valence electrons. The van der Waals surface area contributed by atoms with Gasteiger partial charge in [0.25, 0.3) is 5.56 Å². The highest BCUT2D eigenvalue weighted by molar-refractivity contribution is 5.90. The minimum atomic E-state index is -1.07. The average Bonchev–Trinajstić information content (AvgIpc) is 3.06. The molecule has 4 N–H and O–H groups in total. The maximum absolute atomic E-state index is 12.1. The van der Waals surface area contributed by atoms with Gasteiger partial charge in [-0.15, -0.1) is 0 Å². The van der Waals surface area contributed by atoms with E-state index in [-0.39, 0.29) is 11.1 Å². The maximum atomic E-state index is 12.1. The molecule has 0 aliphatic carbocycles. The van der Waals surface area contributed by atoms with Gasteiger partial charge in [0.05, 0.1) is 16.8 Å². The van der Waals surface area contributed by atoms with Crippen LogP contribution in [0, 0.1) is 0 Å². The average molecular weight is 352 g/mol. The quantitative estimate of drug-likeness (QED) is 0.572. The van der Waals surface area contributed by atoms with Crippen LogP contribution in [-0.2, 0) is 6.54 Å². The third kappa shape index (κ3) is 3.26. The first kappa shape index (κ1) is 16.6. The Labute approximate surface area is 149 Å². The number of aromatic nitrogens is 2. The van der Waals surface area contributed by atoms with Crippen LogP contribution in [0.1, 0.15) is 15.9 Å². The van der Waals surface area contributed by atoms with E-state index in [0.29, 0.717) is 11.3 Å². The fraction of sp³-hybridized carbons (Fsp3) is 0.263. The first-order valence-electron chi connectivity index (χ1n) is 8.61. The smallest absolute Gasteiger partial charge is 0.337 e. The molecule has 1 aromatic carbocycles. The molecule has 0 bridgehead atoms. The Morgan fingerprint density at radius 1 is 1.15 bits per heavy atom. The molecular formula is C19H20N4O3. The van der Waals surface area contributed by atoms with Gasteiger partial charge in [-0.3, -0.25) is 9.69 Å². The minimum Gasteiger partial charge on any atom is -0.478 e. The van der Waals surface area contributed by atoms with Gasteiger partial charge in [0.1, 0.15) is 0 Å². The largest absolute Gasteiger partial charge is 0.478 e. The molecule has 26 heavy (non-hydrogen) atoms. The summed E-state index contributed by atoms with van der Waals surface area (Å²) in [6.45, 7) is 4.99. The van der Waals surface area contributed by atoms with Crippen molar-refractivity contribution >= 4 is 16.9 Å². The summed E-state index contributed by atoms with van der Waals surface area (Å²) < 4.78 is 0. The lowest BCUT2D eigenvalue weighted by atomic mass is 10.1. The molecule has 2 aromatic heterocycles. The van der Waals surface area contributed by atoms with Gasteiger partial charge in [0, 0.05) is 49.8 Å². The van der Waals surface area contributed by atoms with Crippen LogP contribution in [0.3, 0.4) is 0 Å². The number of H-pyrrole nitrogens is 2. The van der Waals surface area contributed by atoms with E-state index in [9.17, 15) is 9.59 Å². The SMILES string of the molecule is O=C(O)c1c[nH]c(=O)c(-c2cc3cc(CN4CCNCC4)ccc3[nH]2)c1. The number of carbonyl (C=O) groups is 1. The summed E-state index contributed by atoms with van der Waals surface area (Å²) >= 11 is 0. The van der Waals surface area contributed by atoms with Gasteiger partial charge in [0.2, 0.25) is 0 Å². The predicted octanol–water partition coefficient (Wildman–Crippen LogP) is 1.63. The molecule has 4 rings (SSSR count). The Balaban J connectivity index is 1.66. The van der Waals surface area contributed by atoms with Crippen molar-refractivity contribution in [2.24, 2.45) is 0 Å². The summed E-state index contributed by atoms with van der Waals surface area (Å²) in [6, 6.07) is 9.50. The van der Waals surface area contributed by atoms with Crippen molar-refractivity contribution in [3.63, 3.8) is 0 Å². The molecular weight excluding hydrogens is 332 g/mol. The van der Waals surface area contributed by atoms with E-state index in [4.69, 9.17) is 5.11 Å². The molecule has 0 spiro atoms. The lowest BCUT2D eigenvalue weighted by Crippen LogP contribution is -2.42. The number of aromatic carboxylic acids is 1. The second-order valence-corrected chi connectivity index (χ2v) is 6.57. The van der Waals surface area contributed by atoms with Crippen LogP contribution in [0.25, 0.3) is 22.2 Å². The van der Waals surface area contributed by atoms with E-state index in [1.165, 1.54) is 17.8 Å². The number of hydrogen-bond acceptors (Lipinski definition) is 4. The monoisotopic (exact) mass is 352 g/mol. The molecule has 0 atom stereocenters.